The van der Waals surface area contributed by atoms with Crippen molar-refractivity contribution in [2.45, 2.75) is 29.9 Å². The van der Waals surface area contributed by atoms with Gasteiger partial charge in [-0.2, -0.15) is 0 Å². The molecule has 0 amide bonds. The molecule has 1 aliphatic heterocycles. The van der Waals surface area contributed by atoms with Gasteiger partial charge in [0.2, 0.25) is 0 Å². The van der Waals surface area contributed by atoms with E-state index in [9.17, 15) is 19.1 Å². The number of carbonyl (C=O) groups is 2. The van der Waals surface area contributed by atoms with Gasteiger partial charge in [-0.15, -0.1) is 23.1 Å². The Morgan fingerprint density at radius 3 is 2.89 bits per heavy atom. The van der Waals surface area contributed by atoms with Crippen molar-refractivity contribution < 1.29 is 23.8 Å². The summed E-state index contributed by atoms with van der Waals surface area (Å²) in [6.07, 6.45) is 3.62. The first-order valence-corrected chi connectivity index (χ1v) is 13.6. The molecule has 186 valence electrons. The van der Waals surface area contributed by atoms with Gasteiger partial charge in [-0.25, -0.2) is 4.39 Å². The molecule has 3 aromatic rings. The maximum atomic E-state index is 13.6. The molecule has 1 fully saturated rings. The summed E-state index contributed by atoms with van der Waals surface area (Å²) in [6.45, 7) is 2.33. The van der Waals surface area contributed by atoms with Crippen molar-refractivity contribution in [3.8, 4) is 5.75 Å². The molecule has 2 unspecified atom stereocenters. The molecular weight excluding hydrogens is 487 g/mol. The minimum atomic E-state index is -0.810. The van der Waals surface area contributed by atoms with E-state index < -0.39 is 5.97 Å². The number of thiophene rings is 1. The summed E-state index contributed by atoms with van der Waals surface area (Å²) in [7, 11) is 1.59. The Morgan fingerprint density at radius 2 is 2.14 bits per heavy atom. The van der Waals surface area contributed by atoms with Crippen LogP contribution in [-0.2, 0) is 4.79 Å². The number of methoxy groups -OCH3 is 1. The molecule has 0 saturated carbocycles. The molecule has 0 spiro atoms. The van der Waals surface area contributed by atoms with E-state index in [4.69, 9.17) is 4.74 Å². The summed E-state index contributed by atoms with van der Waals surface area (Å²) in [6, 6.07) is 8.73. The minimum absolute atomic E-state index is 0.00759. The number of nitrogens with zero attached hydrogens (tertiary/aromatic N) is 2. The number of aromatic nitrogens is 1. The number of carbonyl (C=O) groups excluding carboxylic acids is 1. The van der Waals surface area contributed by atoms with Crippen LogP contribution in [0.15, 0.2) is 46.1 Å². The zero-order valence-corrected chi connectivity index (χ0v) is 21.2. The number of benzene rings is 1. The van der Waals surface area contributed by atoms with Gasteiger partial charge < -0.3 is 14.7 Å². The van der Waals surface area contributed by atoms with Crippen molar-refractivity contribution in [3.05, 3.63) is 53.3 Å². The Balaban J connectivity index is 1.36. The Morgan fingerprint density at radius 1 is 1.29 bits per heavy atom. The quantitative estimate of drug-likeness (QED) is 0.262. The lowest BCUT2D eigenvalue weighted by atomic mass is 9.79. The fraction of sp³-hybridized carbons (Fsp3) is 0.423. The lowest BCUT2D eigenvalue weighted by Crippen LogP contribution is -2.42. The van der Waals surface area contributed by atoms with Crippen LogP contribution >= 0.6 is 23.1 Å². The Hall–Kier alpha value is -2.49. The number of fused-ring (bicyclic) bond motifs is 1. The number of hydrogen-bond donors (Lipinski definition) is 1. The minimum Gasteiger partial charge on any atom is -0.497 e. The molecule has 4 rings (SSSR count). The molecule has 2 atom stereocenters. The lowest BCUT2D eigenvalue weighted by molar-refractivity contribution is -0.139. The van der Waals surface area contributed by atoms with Crippen molar-refractivity contribution in [2.24, 2.45) is 11.8 Å². The highest BCUT2D eigenvalue weighted by Crippen LogP contribution is 2.33. The summed E-state index contributed by atoms with van der Waals surface area (Å²) in [5.74, 6) is 0.662. The molecule has 3 heterocycles. The van der Waals surface area contributed by atoms with E-state index in [1.807, 2.05) is 18.2 Å². The molecule has 1 aliphatic rings. The van der Waals surface area contributed by atoms with Gasteiger partial charge in [-0.05, 0) is 66.9 Å². The third-order valence-electron chi connectivity index (χ3n) is 6.63. The number of Topliss-reactive ketones (excluding diaryl/α,β-unsaturated/α-hetero) is 1. The highest BCUT2D eigenvalue weighted by Gasteiger charge is 2.31. The normalized spacial score (nSPS) is 18.6. The van der Waals surface area contributed by atoms with Gasteiger partial charge in [-0.3, -0.25) is 14.6 Å². The summed E-state index contributed by atoms with van der Waals surface area (Å²) in [5.41, 5.74) is 1.37. The third-order valence-corrected chi connectivity index (χ3v) is 8.80. The fourth-order valence-corrected chi connectivity index (χ4v) is 6.71. The molecule has 0 radical (unpaired) electrons. The number of piperidine rings is 1. The number of rotatable bonds is 11. The smallest absolute Gasteiger partial charge is 0.303 e. The van der Waals surface area contributed by atoms with Crippen LogP contribution in [0.3, 0.4) is 0 Å². The molecule has 6 nitrogen and oxygen atoms in total. The van der Waals surface area contributed by atoms with E-state index in [2.05, 4.69) is 9.88 Å². The van der Waals surface area contributed by atoms with Gasteiger partial charge in [0.15, 0.2) is 5.78 Å². The first-order chi connectivity index (χ1) is 16.9. The SMILES string of the molecule is COc1ccc2nccc(C(=O)CCC3CCN(CCSc4sccc4F)CC3CC(=O)O)c2c1. The first-order valence-electron chi connectivity index (χ1n) is 11.7. The maximum Gasteiger partial charge on any atom is 0.303 e. The van der Waals surface area contributed by atoms with E-state index >= 15 is 0 Å². The second-order valence-corrected chi connectivity index (χ2v) is 11.1. The van der Waals surface area contributed by atoms with E-state index in [-0.39, 0.29) is 29.9 Å². The monoisotopic (exact) mass is 516 g/mol. The highest BCUT2D eigenvalue weighted by atomic mass is 32.2. The Bertz CT molecular complexity index is 1190. The number of ketones is 1. The Kier molecular flexibility index (Phi) is 8.75. The molecule has 2 aromatic heterocycles. The van der Waals surface area contributed by atoms with E-state index in [0.29, 0.717) is 34.9 Å². The number of pyridine rings is 1. The van der Waals surface area contributed by atoms with Gasteiger partial charge in [0.1, 0.15) is 11.6 Å². The maximum absolute atomic E-state index is 13.6. The van der Waals surface area contributed by atoms with E-state index in [1.54, 1.807) is 24.8 Å². The molecule has 1 aromatic carbocycles. The molecule has 0 bridgehead atoms. The van der Waals surface area contributed by atoms with E-state index in [1.165, 1.54) is 29.2 Å². The lowest BCUT2D eigenvalue weighted by Gasteiger charge is -2.38. The van der Waals surface area contributed by atoms with Crippen molar-refractivity contribution in [1.82, 2.24) is 9.88 Å². The first kappa shape index (κ1) is 25.6. The Labute approximate surface area is 212 Å². The fourth-order valence-electron chi connectivity index (χ4n) is 4.79. The predicted octanol–water partition coefficient (Wildman–Crippen LogP) is 5.61. The number of aliphatic carboxylic acids is 1. The molecule has 1 saturated heterocycles. The van der Waals surface area contributed by atoms with Crippen LogP contribution in [0.2, 0.25) is 0 Å². The average Bonchev–Trinajstić information content (AvgIpc) is 3.26. The molecule has 1 N–H and O–H groups in total. The number of carboxylic acid groups (broad SMARTS) is 1. The van der Waals surface area contributed by atoms with Crippen LogP contribution in [0.4, 0.5) is 4.39 Å². The van der Waals surface area contributed by atoms with Crippen LogP contribution in [-0.4, -0.2) is 59.2 Å². The standard InChI is InChI=1S/C26H29FN2O4S2/c1-33-19-3-4-23-21(15-19)20(6-9-28-23)24(30)5-2-17-7-10-29(16-18(17)14-25(31)32)11-13-35-26-22(27)8-12-34-26/h3-4,6,8-9,12,15,17-18H,2,5,7,10-11,13-14,16H2,1H3,(H,31,32). The van der Waals surface area contributed by atoms with Crippen molar-refractivity contribution in [2.75, 3.05) is 32.5 Å². The molecule has 35 heavy (non-hydrogen) atoms. The van der Waals surface area contributed by atoms with Crippen molar-refractivity contribution in [3.63, 3.8) is 0 Å². The number of thioether (sulfide) groups is 1. The second kappa shape index (κ2) is 12.0. The molecule has 9 heteroatoms. The summed E-state index contributed by atoms with van der Waals surface area (Å²) in [5, 5.41) is 12.0. The van der Waals surface area contributed by atoms with Crippen LogP contribution in [0, 0.1) is 17.7 Å². The highest BCUT2D eigenvalue weighted by molar-refractivity contribution is 8.01. The summed E-state index contributed by atoms with van der Waals surface area (Å²) < 4.78 is 19.6. The molecular formula is C26H29FN2O4S2. The van der Waals surface area contributed by atoms with Crippen LogP contribution in [0.1, 0.15) is 36.0 Å². The number of likely N-dealkylation sites (tertiary alicyclic amines) is 1. The van der Waals surface area contributed by atoms with Gasteiger partial charge in [-0.1, -0.05) is 0 Å². The zero-order valence-electron chi connectivity index (χ0n) is 19.6. The number of halogens is 1. The number of ether oxygens (including phenoxy) is 1. The van der Waals surface area contributed by atoms with Gasteiger partial charge in [0.05, 0.1) is 16.8 Å². The van der Waals surface area contributed by atoms with E-state index in [0.717, 1.165) is 36.2 Å². The summed E-state index contributed by atoms with van der Waals surface area (Å²) in [4.78, 5) is 31.3. The van der Waals surface area contributed by atoms with Crippen LogP contribution < -0.4 is 4.74 Å². The largest absolute Gasteiger partial charge is 0.497 e. The van der Waals surface area contributed by atoms with Gasteiger partial charge in [0.25, 0.3) is 0 Å². The van der Waals surface area contributed by atoms with Crippen LogP contribution in [0.5, 0.6) is 5.75 Å². The topological polar surface area (TPSA) is 79.7 Å². The van der Waals surface area contributed by atoms with Gasteiger partial charge >= 0.3 is 5.97 Å². The van der Waals surface area contributed by atoms with Crippen molar-refractivity contribution >= 4 is 45.8 Å². The van der Waals surface area contributed by atoms with Crippen LogP contribution in [0.25, 0.3) is 10.9 Å². The van der Waals surface area contributed by atoms with Crippen molar-refractivity contribution in [1.29, 1.82) is 0 Å². The van der Waals surface area contributed by atoms with Gasteiger partial charge in [0, 0.05) is 48.8 Å². The third kappa shape index (κ3) is 6.59. The average molecular weight is 517 g/mol. The molecule has 0 aliphatic carbocycles. The zero-order chi connectivity index (χ0) is 24.8. The number of carboxylic acids is 1. The second-order valence-electron chi connectivity index (χ2n) is 8.82. The number of hydrogen-bond acceptors (Lipinski definition) is 7. The summed E-state index contributed by atoms with van der Waals surface area (Å²) >= 11 is 2.91. The predicted molar refractivity (Wildman–Crippen MR) is 137 cm³/mol.